The largest absolute Gasteiger partial charge is 0.319 e. The summed E-state index contributed by atoms with van der Waals surface area (Å²) in [4.78, 5) is 11.9. The molecule has 0 radical (unpaired) electrons. The van der Waals surface area contributed by atoms with Crippen LogP contribution in [0.4, 0.5) is 5.13 Å². The van der Waals surface area contributed by atoms with Gasteiger partial charge in [-0.1, -0.05) is 51.9 Å². The molecule has 1 aromatic rings. The maximum absolute atomic E-state index is 11.9. The van der Waals surface area contributed by atoms with Crippen LogP contribution in [0, 0.1) is 5.41 Å². The molecular weight excluding hydrogens is 296 g/mol. The molecule has 1 rings (SSSR count). The average Bonchev–Trinajstić information content (AvgIpc) is 2.75. The van der Waals surface area contributed by atoms with Crippen molar-refractivity contribution in [2.24, 2.45) is 11.1 Å². The minimum atomic E-state index is -0.556. The van der Waals surface area contributed by atoms with E-state index in [-0.39, 0.29) is 23.7 Å². The van der Waals surface area contributed by atoms with Gasteiger partial charge in [0.2, 0.25) is 11.0 Å². The standard InChI is InChI=1S/C13H24N4OS.ClH/c1-5-6-7-8-9-16-17-12(19-9)15-11(18)10(14)13(2,3)4;/h10H,5-8,14H2,1-4H3,(H,15,17,18);1H/t10-;/m1./s1. The molecule has 0 aliphatic heterocycles. The van der Waals surface area contributed by atoms with Gasteiger partial charge >= 0.3 is 0 Å². The monoisotopic (exact) mass is 320 g/mol. The molecule has 0 spiro atoms. The van der Waals surface area contributed by atoms with E-state index in [1.54, 1.807) is 0 Å². The lowest BCUT2D eigenvalue weighted by atomic mass is 9.87. The lowest BCUT2D eigenvalue weighted by molar-refractivity contribution is -0.119. The predicted octanol–water partition coefficient (Wildman–Crippen LogP) is 3.00. The summed E-state index contributed by atoms with van der Waals surface area (Å²) in [6.07, 6.45) is 4.41. The first-order valence-electron chi connectivity index (χ1n) is 6.73. The van der Waals surface area contributed by atoms with Crippen molar-refractivity contribution in [2.45, 2.75) is 59.4 Å². The summed E-state index contributed by atoms with van der Waals surface area (Å²) in [6, 6.07) is -0.556. The first-order valence-corrected chi connectivity index (χ1v) is 7.55. The molecule has 116 valence electrons. The third-order valence-electron chi connectivity index (χ3n) is 2.91. The van der Waals surface area contributed by atoms with Crippen LogP contribution in [0.2, 0.25) is 0 Å². The molecule has 0 aliphatic rings. The summed E-state index contributed by atoms with van der Waals surface area (Å²) < 4.78 is 0. The predicted molar refractivity (Wildman–Crippen MR) is 86.4 cm³/mol. The number of amides is 1. The number of aryl methyl sites for hydroxylation is 1. The van der Waals surface area contributed by atoms with Crippen LogP contribution in [-0.4, -0.2) is 22.1 Å². The zero-order valence-corrected chi connectivity index (χ0v) is 14.2. The van der Waals surface area contributed by atoms with E-state index in [1.165, 1.54) is 24.2 Å². The van der Waals surface area contributed by atoms with Gasteiger partial charge in [0.1, 0.15) is 5.01 Å². The summed E-state index contributed by atoms with van der Waals surface area (Å²) in [6.45, 7) is 7.98. The molecule has 0 saturated heterocycles. The SMILES string of the molecule is CCCCCc1nnc(NC(=O)[C@@H](N)C(C)(C)C)s1.Cl. The second-order valence-electron chi connectivity index (χ2n) is 5.79. The van der Waals surface area contributed by atoms with Gasteiger partial charge in [0.15, 0.2) is 0 Å². The minimum absolute atomic E-state index is 0. The van der Waals surface area contributed by atoms with Gasteiger partial charge in [-0.05, 0) is 11.8 Å². The van der Waals surface area contributed by atoms with Crippen LogP contribution in [-0.2, 0) is 11.2 Å². The molecule has 0 unspecified atom stereocenters. The van der Waals surface area contributed by atoms with E-state index in [2.05, 4.69) is 22.4 Å². The van der Waals surface area contributed by atoms with Crippen LogP contribution in [0.15, 0.2) is 0 Å². The Bertz CT molecular complexity index is 417. The fourth-order valence-corrected chi connectivity index (χ4v) is 2.29. The van der Waals surface area contributed by atoms with Gasteiger partial charge in [-0.15, -0.1) is 22.6 Å². The molecule has 7 heteroatoms. The summed E-state index contributed by atoms with van der Waals surface area (Å²) >= 11 is 1.43. The molecule has 1 atom stereocenters. The number of nitrogens with zero attached hydrogens (tertiary/aromatic N) is 2. The Morgan fingerprint density at radius 3 is 2.55 bits per heavy atom. The first kappa shape index (κ1) is 19.3. The van der Waals surface area contributed by atoms with Crippen LogP contribution in [0.25, 0.3) is 0 Å². The molecule has 0 aliphatic carbocycles. The van der Waals surface area contributed by atoms with Gasteiger partial charge in [-0.25, -0.2) is 0 Å². The molecule has 5 nitrogen and oxygen atoms in total. The highest BCUT2D eigenvalue weighted by Gasteiger charge is 2.28. The van der Waals surface area contributed by atoms with Crippen molar-refractivity contribution in [3.05, 3.63) is 5.01 Å². The van der Waals surface area contributed by atoms with Gasteiger partial charge in [-0.3, -0.25) is 10.1 Å². The normalized spacial score (nSPS) is 12.7. The van der Waals surface area contributed by atoms with Gasteiger partial charge < -0.3 is 5.73 Å². The quantitative estimate of drug-likeness (QED) is 0.789. The van der Waals surface area contributed by atoms with E-state index < -0.39 is 6.04 Å². The minimum Gasteiger partial charge on any atom is -0.319 e. The Labute approximate surface area is 131 Å². The Morgan fingerprint density at radius 1 is 1.35 bits per heavy atom. The Morgan fingerprint density at radius 2 is 2.00 bits per heavy atom. The summed E-state index contributed by atoms with van der Waals surface area (Å²) in [5.41, 5.74) is 5.63. The molecule has 1 amide bonds. The number of anilines is 1. The number of hydrogen-bond donors (Lipinski definition) is 2. The second-order valence-corrected chi connectivity index (χ2v) is 6.85. The van der Waals surface area contributed by atoms with Crippen molar-refractivity contribution in [3.63, 3.8) is 0 Å². The van der Waals surface area contributed by atoms with Crippen LogP contribution >= 0.6 is 23.7 Å². The fraction of sp³-hybridized carbons (Fsp3) is 0.769. The molecule has 0 aromatic carbocycles. The maximum Gasteiger partial charge on any atom is 0.243 e. The van der Waals surface area contributed by atoms with Crippen molar-refractivity contribution in [2.75, 3.05) is 5.32 Å². The van der Waals surface area contributed by atoms with E-state index in [0.717, 1.165) is 17.8 Å². The van der Waals surface area contributed by atoms with Crippen molar-refractivity contribution in [1.29, 1.82) is 0 Å². The molecule has 0 fully saturated rings. The first-order chi connectivity index (χ1) is 8.84. The Hall–Kier alpha value is -0.720. The van der Waals surface area contributed by atoms with Gasteiger partial charge in [-0.2, -0.15) is 0 Å². The molecule has 0 bridgehead atoms. The molecule has 3 N–H and O–H groups in total. The molecular formula is C13H25ClN4OS. The number of aromatic nitrogens is 2. The number of nitrogens with two attached hydrogens (primary N) is 1. The highest BCUT2D eigenvalue weighted by molar-refractivity contribution is 7.15. The van der Waals surface area contributed by atoms with Crippen LogP contribution in [0.1, 0.15) is 52.0 Å². The van der Waals surface area contributed by atoms with Gasteiger partial charge in [0.05, 0.1) is 6.04 Å². The van der Waals surface area contributed by atoms with Crippen molar-refractivity contribution in [3.8, 4) is 0 Å². The number of nitrogens with one attached hydrogen (secondary N) is 1. The van der Waals surface area contributed by atoms with Gasteiger partial charge in [0, 0.05) is 6.42 Å². The highest BCUT2D eigenvalue weighted by atomic mass is 35.5. The number of halogens is 1. The number of hydrogen-bond acceptors (Lipinski definition) is 5. The van der Waals surface area contributed by atoms with E-state index in [4.69, 9.17) is 5.73 Å². The number of rotatable bonds is 6. The van der Waals surface area contributed by atoms with Crippen LogP contribution in [0.5, 0.6) is 0 Å². The smallest absolute Gasteiger partial charge is 0.243 e. The third-order valence-corrected chi connectivity index (χ3v) is 3.81. The van der Waals surface area contributed by atoms with Crippen LogP contribution < -0.4 is 11.1 Å². The molecule has 0 saturated carbocycles. The number of carbonyl (C=O) groups excluding carboxylic acids is 1. The zero-order valence-electron chi connectivity index (χ0n) is 12.6. The maximum atomic E-state index is 11.9. The average molecular weight is 321 g/mol. The lowest BCUT2D eigenvalue weighted by Gasteiger charge is -2.25. The van der Waals surface area contributed by atoms with Gasteiger partial charge in [0.25, 0.3) is 0 Å². The Balaban J connectivity index is 0.00000361. The summed E-state index contributed by atoms with van der Waals surface area (Å²) in [5, 5.41) is 12.3. The van der Waals surface area contributed by atoms with Crippen molar-refractivity contribution < 1.29 is 4.79 Å². The van der Waals surface area contributed by atoms with Crippen LogP contribution in [0.3, 0.4) is 0 Å². The lowest BCUT2D eigenvalue weighted by Crippen LogP contribution is -2.45. The van der Waals surface area contributed by atoms with E-state index in [1.807, 2.05) is 20.8 Å². The van der Waals surface area contributed by atoms with Crippen molar-refractivity contribution in [1.82, 2.24) is 10.2 Å². The summed E-state index contributed by atoms with van der Waals surface area (Å²) in [5.74, 6) is -0.205. The zero-order chi connectivity index (χ0) is 14.5. The topological polar surface area (TPSA) is 80.9 Å². The third kappa shape index (κ3) is 6.15. The number of unbranched alkanes of at least 4 members (excludes halogenated alkanes) is 2. The summed E-state index contributed by atoms with van der Waals surface area (Å²) in [7, 11) is 0. The van der Waals surface area contributed by atoms with E-state index >= 15 is 0 Å². The Kier molecular flexibility index (Phi) is 8.23. The van der Waals surface area contributed by atoms with E-state index in [0.29, 0.717) is 5.13 Å². The van der Waals surface area contributed by atoms with Crippen molar-refractivity contribution >= 4 is 34.8 Å². The molecule has 1 aromatic heterocycles. The fourth-order valence-electron chi connectivity index (χ4n) is 1.51. The molecule has 20 heavy (non-hydrogen) atoms. The highest BCUT2D eigenvalue weighted by Crippen LogP contribution is 2.21. The number of carbonyl (C=O) groups is 1. The molecule has 1 heterocycles. The second kappa shape index (κ2) is 8.54. The van der Waals surface area contributed by atoms with E-state index in [9.17, 15) is 4.79 Å².